The van der Waals surface area contributed by atoms with Crippen molar-refractivity contribution in [3.05, 3.63) is 59.7 Å². The van der Waals surface area contributed by atoms with E-state index >= 15 is 0 Å². The summed E-state index contributed by atoms with van der Waals surface area (Å²) in [7, 11) is 0. The summed E-state index contributed by atoms with van der Waals surface area (Å²) in [6.07, 6.45) is 0. The van der Waals surface area contributed by atoms with Crippen LogP contribution in [-0.4, -0.2) is 5.11 Å². The van der Waals surface area contributed by atoms with E-state index in [1.54, 1.807) is 30.3 Å². The number of hydrogen-bond donors (Lipinski definition) is 1. The minimum absolute atomic E-state index is 0.171. The second-order valence-corrected chi connectivity index (χ2v) is 3.46. The van der Waals surface area contributed by atoms with Crippen molar-refractivity contribution >= 4 is 0 Å². The molecule has 16 heavy (non-hydrogen) atoms. The standard InChI is InChI=1S/C13H10F2O/c14-12-7-9(8-16)6-11(13(12)15)10-4-2-1-3-5-10/h1-7,16H,8H2. The van der Waals surface area contributed by atoms with Crippen molar-refractivity contribution in [3.63, 3.8) is 0 Å². The van der Waals surface area contributed by atoms with Gasteiger partial charge < -0.3 is 5.11 Å². The van der Waals surface area contributed by atoms with E-state index in [-0.39, 0.29) is 12.2 Å². The lowest BCUT2D eigenvalue weighted by Crippen LogP contribution is -1.94. The second-order valence-electron chi connectivity index (χ2n) is 3.46. The van der Waals surface area contributed by atoms with Crippen molar-refractivity contribution in [3.8, 4) is 11.1 Å². The van der Waals surface area contributed by atoms with Crippen LogP contribution in [0.3, 0.4) is 0 Å². The minimum atomic E-state index is -0.939. The molecule has 2 aromatic carbocycles. The molecule has 0 saturated heterocycles. The molecule has 0 heterocycles. The molecule has 3 heteroatoms. The lowest BCUT2D eigenvalue weighted by Gasteiger charge is -2.06. The first kappa shape index (κ1) is 10.8. The molecule has 0 atom stereocenters. The predicted octanol–water partition coefficient (Wildman–Crippen LogP) is 3.12. The summed E-state index contributed by atoms with van der Waals surface area (Å²) < 4.78 is 26.8. The summed E-state index contributed by atoms with van der Waals surface area (Å²) >= 11 is 0. The molecule has 2 aromatic rings. The lowest BCUT2D eigenvalue weighted by atomic mass is 10.0. The fourth-order valence-electron chi connectivity index (χ4n) is 1.56. The molecule has 0 radical (unpaired) electrons. The van der Waals surface area contributed by atoms with Gasteiger partial charge in [0.2, 0.25) is 0 Å². The zero-order valence-electron chi connectivity index (χ0n) is 8.45. The Balaban J connectivity index is 2.60. The van der Waals surface area contributed by atoms with Crippen LogP contribution in [0.5, 0.6) is 0 Å². The number of rotatable bonds is 2. The van der Waals surface area contributed by atoms with Crippen molar-refractivity contribution in [1.29, 1.82) is 0 Å². The SMILES string of the molecule is OCc1cc(F)c(F)c(-c2ccccc2)c1. The molecule has 0 unspecified atom stereocenters. The lowest BCUT2D eigenvalue weighted by molar-refractivity contribution is 0.281. The van der Waals surface area contributed by atoms with Gasteiger partial charge in [0.15, 0.2) is 11.6 Å². The van der Waals surface area contributed by atoms with E-state index in [0.29, 0.717) is 11.1 Å². The first-order chi connectivity index (χ1) is 7.72. The first-order valence-electron chi connectivity index (χ1n) is 4.86. The molecule has 0 spiro atoms. The monoisotopic (exact) mass is 220 g/mol. The molecule has 0 bridgehead atoms. The van der Waals surface area contributed by atoms with Gasteiger partial charge >= 0.3 is 0 Å². The van der Waals surface area contributed by atoms with E-state index in [1.165, 1.54) is 6.07 Å². The largest absolute Gasteiger partial charge is 0.392 e. The van der Waals surface area contributed by atoms with Gasteiger partial charge in [-0.25, -0.2) is 8.78 Å². The average Bonchev–Trinajstić information content (AvgIpc) is 2.33. The highest BCUT2D eigenvalue weighted by molar-refractivity contribution is 5.64. The maximum absolute atomic E-state index is 13.5. The molecule has 0 aliphatic carbocycles. The van der Waals surface area contributed by atoms with Gasteiger partial charge in [0.25, 0.3) is 0 Å². The Morgan fingerprint density at radius 3 is 2.31 bits per heavy atom. The van der Waals surface area contributed by atoms with Crippen LogP contribution in [0.25, 0.3) is 11.1 Å². The van der Waals surface area contributed by atoms with Crippen LogP contribution < -0.4 is 0 Å². The summed E-state index contributed by atoms with van der Waals surface area (Å²) in [5.41, 5.74) is 1.12. The number of benzene rings is 2. The van der Waals surface area contributed by atoms with Crippen molar-refractivity contribution in [2.24, 2.45) is 0 Å². The van der Waals surface area contributed by atoms with Gasteiger partial charge in [-0.3, -0.25) is 0 Å². The van der Waals surface area contributed by atoms with Crippen molar-refractivity contribution in [2.75, 3.05) is 0 Å². The number of hydrogen-bond acceptors (Lipinski definition) is 1. The van der Waals surface area contributed by atoms with Gasteiger partial charge in [0, 0.05) is 5.56 Å². The average molecular weight is 220 g/mol. The molecule has 1 N–H and O–H groups in total. The Morgan fingerprint density at radius 2 is 1.69 bits per heavy atom. The number of aliphatic hydroxyl groups excluding tert-OH is 1. The van der Waals surface area contributed by atoms with E-state index in [4.69, 9.17) is 5.11 Å². The van der Waals surface area contributed by atoms with E-state index in [1.807, 2.05) is 0 Å². The highest BCUT2D eigenvalue weighted by atomic mass is 19.2. The number of halogens is 2. The second kappa shape index (κ2) is 4.41. The quantitative estimate of drug-likeness (QED) is 0.824. The smallest absolute Gasteiger partial charge is 0.166 e. The predicted molar refractivity (Wildman–Crippen MR) is 57.7 cm³/mol. The van der Waals surface area contributed by atoms with Crippen LogP contribution >= 0.6 is 0 Å². The van der Waals surface area contributed by atoms with E-state index in [2.05, 4.69) is 0 Å². The van der Waals surface area contributed by atoms with E-state index < -0.39 is 11.6 Å². The third kappa shape index (κ3) is 1.95. The zero-order valence-corrected chi connectivity index (χ0v) is 8.45. The molecule has 82 valence electrons. The Kier molecular flexibility index (Phi) is 2.97. The fourth-order valence-corrected chi connectivity index (χ4v) is 1.56. The number of aliphatic hydroxyl groups is 1. The maximum atomic E-state index is 13.5. The van der Waals surface area contributed by atoms with Crippen molar-refractivity contribution in [1.82, 2.24) is 0 Å². The molecule has 0 aromatic heterocycles. The van der Waals surface area contributed by atoms with Crippen LogP contribution in [-0.2, 0) is 6.61 Å². The summed E-state index contributed by atoms with van der Waals surface area (Å²) in [4.78, 5) is 0. The van der Waals surface area contributed by atoms with Gasteiger partial charge in [0.05, 0.1) is 6.61 Å². The van der Waals surface area contributed by atoms with Gasteiger partial charge in [-0.2, -0.15) is 0 Å². The molecule has 0 fully saturated rings. The summed E-state index contributed by atoms with van der Waals surface area (Å²) in [6, 6.07) is 11.1. The van der Waals surface area contributed by atoms with Gasteiger partial charge in [-0.05, 0) is 23.3 Å². The van der Waals surface area contributed by atoms with E-state index in [0.717, 1.165) is 6.07 Å². The Morgan fingerprint density at radius 1 is 1.00 bits per heavy atom. The summed E-state index contributed by atoms with van der Waals surface area (Å²) in [5.74, 6) is -1.83. The highest BCUT2D eigenvalue weighted by Crippen LogP contribution is 2.25. The zero-order chi connectivity index (χ0) is 11.5. The maximum Gasteiger partial charge on any atom is 0.166 e. The van der Waals surface area contributed by atoms with Crippen molar-refractivity contribution in [2.45, 2.75) is 6.61 Å². The molecule has 1 nitrogen and oxygen atoms in total. The molecule has 0 aliphatic heterocycles. The Hall–Kier alpha value is -1.74. The van der Waals surface area contributed by atoms with Crippen LogP contribution in [0.4, 0.5) is 8.78 Å². The minimum Gasteiger partial charge on any atom is -0.392 e. The molecular weight excluding hydrogens is 210 g/mol. The third-order valence-corrected chi connectivity index (χ3v) is 2.36. The van der Waals surface area contributed by atoms with E-state index in [9.17, 15) is 8.78 Å². The van der Waals surface area contributed by atoms with Crippen LogP contribution in [0, 0.1) is 11.6 Å². The topological polar surface area (TPSA) is 20.2 Å². The molecule has 0 aliphatic rings. The fraction of sp³-hybridized carbons (Fsp3) is 0.0769. The Bertz CT molecular complexity index is 495. The first-order valence-corrected chi connectivity index (χ1v) is 4.86. The highest BCUT2D eigenvalue weighted by Gasteiger charge is 2.11. The summed E-state index contributed by atoms with van der Waals surface area (Å²) in [5, 5.41) is 8.94. The van der Waals surface area contributed by atoms with Crippen molar-refractivity contribution < 1.29 is 13.9 Å². The summed E-state index contributed by atoms with van der Waals surface area (Å²) in [6.45, 7) is -0.308. The van der Waals surface area contributed by atoms with Crippen LogP contribution in [0.1, 0.15) is 5.56 Å². The normalized spacial score (nSPS) is 10.4. The van der Waals surface area contributed by atoms with Gasteiger partial charge in [0.1, 0.15) is 0 Å². The van der Waals surface area contributed by atoms with Gasteiger partial charge in [-0.1, -0.05) is 30.3 Å². The molecule has 2 rings (SSSR count). The Labute approximate surface area is 92.0 Å². The molecule has 0 saturated carbocycles. The van der Waals surface area contributed by atoms with Crippen LogP contribution in [0.15, 0.2) is 42.5 Å². The van der Waals surface area contributed by atoms with Gasteiger partial charge in [-0.15, -0.1) is 0 Å². The molecule has 0 amide bonds. The van der Waals surface area contributed by atoms with Crippen LogP contribution in [0.2, 0.25) is 0 Å². The molecular formula is C13H10F2O. The third-order valence-electron chi connectivity index (χ3n) is 2.36.